The van der Waals surface area contributed by atoms with Crippen LogP contribution in [0.25, 0.3) is 0 Å². The normalized spacial score (nSPS) is 11.2. The van der Waals surface area contributed by atoms with Gasteiger partial charge in [-0.15, -0.1) is 10.2 Å². The number of sulfonamides is 1. The van der Waals surface area contributed by atoms with E-state index in [2.05, 4.69) is 21.0 Å². The monoisotopic (exact) mass is 382 g/mol. The molecule has 3 aromatic rings. The number of hydrogen-bond acceptors (Lipinski definition) is 5. The summed E-state index contributed by atoms with van der Waals surface area (Å²) in [7, 11) is -3.71. The van der Waals surface area contributed by atoms with E-state index in [1.54, 1.807) is 43.3 Å². The molecule has 0 aliphatic heterocycles. The Labute approximate surface area is 159 Å². The fourth-order valence-electron chi connectivity index (χ4n) is 2.85. The van der Waals surface area contributed by atoms with E-state index >= 15 is 0 Å². The molecule has 0 aliphatic carbocycles. The number of aromatic nitrogens is 2. The van der Waals surface area contributed by atoms with Gasteiger partial charge in [-0.3, -0.25) is 4.72 Å². The third kappa shape index (κ3) is 4.25. The van der Waals surface area contributed by atoms with Gasteiger partial charge in [-0.05, 0) is 62.2 Å². The van der Waals surface area contributed by atoms with E-state index in [9.17, 15) is 8.42 Å². The molecule has 2 aromatic carbocycles. The lowest BCUT2D eigenvalue weighted by molar-refractivity contribution is 0.600. The van der Waals surface area contributed by atoms with E-state index in [4.69, 9.17) is 0 Å². The number of nitrogens with zero attached hydrogens (tertiary/aromatic N) is 3. The van der Waals surface area contributed by atoms with Gasteiger partial charge in [0.25, 0.3) is 10.0 Å². The standard InChI is InChI=1S/C20H22N4O2S/c1-4-24(17-10-7-8-15(2)14-17)20-13-12-19(21-22-20)23-27(25,26)18-11-6-5-9-16(18)3/h5-14H,4H2,1-3H3,(H,21,23). The van der Waals surface area contributed by atoms with Crippen molar-refractivity contribution in [2.45, 2.75) is 25.7 Å². The van der Waals surface area contributed by atoms with Crippen molar-refractivity contribution in [2.75, 3.05) is 16.2 Å². The average molecular weight is 382 g/mol. The van der Waals surface area contributed by atoms with E-state index in [0.29, 0.717) is 17.9 Å². The number of nitrogens with one attached hydrogen (secondary N) is 1. The van der Waals surface area contributed by atoms with Crippen molar-refractivity contribution in [2.24, 2.45) is 0 Å². The van der Waals surface area contributed by atoms with E-state index in [0.717, 1.165) is 11.3 Å². The third-order valence-corrected chi connectivity index (χ3v) is 5.69. The second-order valence-corrected chi connectivity index (χ2v) is 7.88. The molecule has 1 N–H and O–H groups in total. The van der Waals surface area contributed by atoms with Gasteiger partial charge in [0.1, 0.15) is 0 Å². The zero-order chi connectivity index (χ0) is 19.4. The van der Waals surface area contributed by atoms with Gasteiger partial charge in [0, 0.05) is 12.2 Å². The number of hydrogen-bond donors (Lipinski definition) is 1. The molecule has 1 heterocycles. The molecule has 0 fully saturated rings. The summed E-state index contributed by atoms with van der Waals surface area (Å²) < 4.78 is 27.6. The zero-order valence-electron chi connectivity index (χ0n) is 15.5. The smallest absolute Gasteiger partial charge is 0.263 e. The number of rotatable bonds is 6. The Bertz CT molecular complexity index is 1030. The van der Waals surface area contributed by atoms with Crippen LogP contribution in [0.5, 0.6) is 0 Å². The molecule has 0 unspecified atom stereocenters. The quantitative estimate of drug-likeness (QED) is 0.696. The van der Waals surface area contributed by atoms with Crippen molar-refractivity contribution in [1.29, 1.82) is 0 Å². The molecule has 1 aromatic heterocycles. The predicted molar refractivity (Wildman–Crippen MR) is 108 cm³/mol. The molecule has 0 bridgehead atoms. The average Bonchev–Trinajstić information content (AvgIpc) is 2.64. The summed E-state index contributed by atoms with van der Waals surface area (Å²) in [5.74, 6) is 0.837. The molecule has 6 nitrogen and oxygen atoms in total. The van der Waals surface area contributed by atoms with Gasteiger partial charge in [-0.2, -0.15) is 0 Å². The lowest BCUT2D eigenvalue weighted by atomic mass is 10.2. The van der Waals surface area contributed by atoms with Crippen LogP contribution in [0.15, 0.2) is 65.6 Å². The molecule has 27 heavy (non-hydrogen) atoms. The van der Waals surface area contributed by atoms with Crippen LogP contribution in [0.3, 0.4) is 0 Å². The van der Waals surface area contributed by atoms with Crippen LogP contribution in [0, 0.1) is 13.8 Å². The molecule has 0 atom stereocenters. The van der Waals surface area contributed by atoms with Crippen molar-refractivity contribution in [3.63, 3.8) is 0 Å². The maximum atomic E-state index is 12.6. The molecule has 3 rings (SSSR count). The second kappa shape index (κ2) is 7.75. The van der Waals surface area contributed by atoms with Crippen molar-refractivity contribution in [3.8, 4) is 0 Å². The topological polar surface area (TPSA) is 75.2 Å². The fourth-order valence-corrected chi connectivity index (χ4v) is 4.09. The zero-order valence-corrected chi connectivity index (χ0v) is 16.4. The van der Waals surface area contributed by atoms with Crippen LogP contribution < -0.4 is 9.62 Å². The van der Waals surface area contributed by atoms with Gasteiger partial charge < -0.3 is 4.90 Å². The third-order valence-electron chi connectivity index (χ3n) is 4.18. The van der Waals surface area contributed by atoms with Gasteiger partial charge in [-0.1, -0.05) is 30.3 Å². The van der Waals surface area contributed by atoms with Crippen LogP contribution in [-0.4, -0.2) is 25.2 Å². The first-order chi connectivity index (χ1) is 12.9. The molecule has 140 valence electrons. The maximum absolute atomic E-state index is 12.6. The highest BCUT2D eigenvalue weighted by Gasteiger charge is 2.17. The summed E-state index contributed by atoms with van der Waals surface area (Å²) in [4.78, 5) is 2.24. The van der Waals surface area contributed by atoms with Crippen molar-refractivity contribution in [3.05, 3.63) is 71.8 Å². The number of aryl methyl sites for hydroxylation is 2. The molecule has 7 heteroatoms. The van der Waals surface area contributed by atoms with Crippen LogP contribution in [0.2, 0.25) is 0 Å². The molecule has 0 saturated carbocycles. The molecule has 0 spiro atoms. The van der Waals surface area contributed by atoms with Crippen LogP contribution in [0.1, 0.15) is 18.1 Å². The van der Waals surface area contributed by atoms with Gasteiger partial charge >= 0.3 is 0 Å². The SMILES string of the molecule is CCN(c1cccc(C)c1)c1ccc(NS(=O)(=O)c2ccccc2C)nn1. The second-order valence-electron chi connectivity index (χ2n) is 6.23. The first kappa shape index (κ1) is 18.8. The van der Waals surface area contributed by atoms with Crippen molar-refractivity contribution < 1.29 is 8.42 Å². The number of anilines is 3. The summed E-state index contributed by atoms with van der Waals surface area (Å²) in [5.41, 5.74) is 2.84. The van der Waals surface area contributed by atoms with Gasteiger partial charge in [-0.25, -0.2) is 8.42 Å². The van der Waals surface area contributed by atoms with E-state index in [1.807, 2.05) is 36.9 Å². The summed E-state index contributed by atoms with van der Waals surface area (Å²) in [6.07, 6.45) is 0. The minimum Gasteiger partial charge on any atom is -0.325 e. The summed E-state index contributed by atoms with van der Waals surface area (Å²) in [5, 5.41) is 8.26. The summed E-state index contributed by atoms with van der Waals surface area (Å²) in [6, 6.07) is 18.3. The molecule has 0 radical (unpaired) electrons. The Kier molecular flexibility index (Phi) is 5.41. The van der Waals surface area contributed by atoms with Crippen LogP contribution in [0.4, 0.5) is 17.3 Å². The minimum absolute atomic E-state index is 0.183. The molecule has 0 aliphatic rings. The largest absolute Gasteiger partial charge is 0.325 e. The first-order valence-corrected chi connectivity index (χ1v) is 10.2. The highest BCUT2D eigenvalue weighted by atomic mass is 32.2. The highest BCUT2D eigenvalue weighted by Crippen LogP contribution is 2.25. The van der Waals surface area contributed by atoms with Gasteiger partial charge in [0.2, 0.25) is 0 Å². The van der Waals surface area contributed by atoms with E-state index in [1.165, 1.54) is 0 Å². The molecule has 0 amide bonds. The predicted octanol–water partition coefficient (Wildman–Crippen LogP) is 4.05. The van der Waals surface area contributed by atoms with Crippen LogP contribution >= 0.6 is 0 Å². The minimum atomic E-state index is -3.71. The number of benzene rings is 2. The Morgan fingerprint density at radius 2 is 1.74 bits per heavy atom. The Hall–Kier alpha value is -2.93. The van der Waals surface area contributed by atoms with Gasteiger partial charge in [0.15, 0.2) is 11.6 Å². The lowest BCUT2D eigenvalue weighted by Gasteiger charge is -2.22. The van der Waals surface area contributed by atoms with Crippen molar-refractivity contribution >= 4 is 27.3 Å². The fraction of sp³-hybridized carbons (Fsp3) is 0.200. The summed E-state index contributed by atoms with van der Waals surface area (Å²) >= 11 is 0. The van der Waals surface area contributed by atoms with Crippen LogP contribution in [-0.2, 0) is 10.0 Å². The lowest BCUT2D eigenvalue weighted by Crippen LogP contribution is -2.19. The van der Waals surface area contributed by atoms with Crippen molar-refractivity contribution in [1.82, 2.24) is 10.2 Å². The molecule has 0 saturated heterocycles. The van der Waals surface area contributed by atoms with E-state index in [-0.39, 0.29) is 10.7 Å². The highest BCUT2D eigenvalue weighted by molar-refractivity contribution is 7.92. The Morgan fingerprint density at radius 1 is 0.963 bits per heavy atom. The molecular formula is C20H22N4O2S. The molecular weight excluding hydrogens is 360 g/mol. The summed E-state index contributed by atoms with van der Waals surface area (Å²) in [6.45, 7) is 6.53. The van der Waals surface area contributed by atoms with E-state index < -0.39 is 10.0 Å². The Morgan fingerprint density at radius 3 is 2.37 bits per heavy atom. The Balaban J connectivity index is 1.84. The first-order valence-electron chi connectivity index (χ1n) is 8.67. The van der Waals surface area contributed by atoms with Gasteiger partial charge in [0.05, 0.1) is 4.90 Å². The maximum Gasteiger partial charge on any atom is 0.263 e.